The Morgan fingerprint density at radius 3 is 2.50 bits per heavy atom. The van der Waals surface area contributed by atoms with Gasteiger partial charge in [0.15, 0.2) is 11.5 Å². The van der Waals surface area contributed by atoms with Gasteiger partial charge < -0.3 is 16.0 Å². The molecule has 1 fully saturated rings. The van der Waals surface area contributed by atoms with Gasteiger partial charge in [0.25, 0.3) is 5.91 Å². The second kappa shape index (κ2) is 6.43. The number of aromatic nitrogens is 2. The van der Waals surface area contributed by atoms with E-state index in [-0.39, 0.29) is 17.4 Å². The number of carbonyl (C=O) groups is 1. The molecule has 1 aliphatic heterocycles. The molecule has 3 N–H and O–H groups in total. The fourth-order valence-corrected chi connectivity index (χ4v) is 2.59. The number of benzene rings is 1. The van der Waals surface area contributed by atoms with E-state index < -0.39 is 0 Å². The molecule has 0 aliphatic carbocycles. The molecule has 6 heteroatoms. The molecule has 0 atom stereocenters. The first-order valence-electron chi connectivity index (χ1n) is 7.42. The van der Waals surface area contributed by atoms with Crippen LogP contribution in [0.25, 0.3) is 0 Å². The van der Waals surface area contributed by atoms with Crippen molar-refractivity contribution in [3.05, 3.63) is 47.9 Å². The molecule has 3 rings (SSSR count). The van der Waals surface area contributed by atoms with E-state index >= 15 is 0 Å². The molecule has 0 radical (unpaired) electrons. The van der Waals surface area contributed by atoms with Gasteiger partial charge in [-0.25, -0.2) is 9.97 Å². The van der Waals surface area contributed by atoms with Crippen molar-refractivity contribution < 1.29 is 4.79 Å². The van der Waals surface area contributed by atoms with E-state index in [0.29, 0.717) is 6.54 Å². The van der Waals surface area contributed by atoms with E-state index in [1.54, 1.807) is 0 Å². The predicted molar refractivity (Wildman–Crippen MR) is 85.5 cm³/mol. The zero-order valence-corrected chi connectivity index (χ0v) is 12.3. The lowest BCUT2D eigenvalue weighted by Gasteiger charge is -2.17. The van der Waals surface area contributed by atoms with Gasteiger partial charge in [-0.15, -0.1) is 0 Å². The van der Waals surface area contributed by atoms with E-state index in [2.05, 4.69) is 32.3 Å². The standard InChI is InChI=1S/C16H19N5O/c17-15-14(18-7-8-19-15)16(22)20-11-12-3-5-13(6-4-12)21-9-1-2-10-21/h3-8H,1-2,9-11H2,(H2,17,19)(H,20,22). The first-order chi connectivity index (χ1) is 10.7. The zero-order valence-electron chi connectivity index (χ0n) is 12.3. The van der Waals surface area contributed by atoms with Crippen LogP contribution < -0.4 is 16.0 Å². The SMILES string of the molecule is Nc1nccnc1C(=O)NCc1ccc(N2CCCC2)cc1. The molecule has 1 aliphatic rings. The summed E-state index contributed by atoms with van der Waals surface area (Å²) in [5, 5.41) is 2.81. The third-order valence-corrected chi connectivity index (χ3v) is 3.80. The van der Waals surface area contributed by atoms with Gasteiger partial charge in [-0.2, -0.15) is 0 Å². The number of rotatable bonds is 4. The van der Waals surface area contributed by atoms with Crippen LogP contribution in [0, 0.1) is 0 Å². The Labute approximate surface area is 129 Å². The maximum Gasteiger partial charge on any atom is 0.273 e. The van der Waals surface area contributed by atoms with E-state index in [0.717, 1.165) is 18.7 Å². The Balaban J connectivity index is 1.59. The topological polar surface area (TPSA) is 84.1 Å². The summed E-state index contributed by atoms with van der Waals surface area (Å²) >= 11 is 0. The molecule has 1 aromatic heterocycles. The molecule has 1 amide bonds. The quantitative estimate of drug-likeness (QED) is 0.895. The van der Waals surface area contributed by atoms with Gasteiger partial charge in [-0.05, 0) is 30.5 Å². The van der Waals surface area contributed by atoms with Crippen molar-refractivity contribution in [2.24, 2.45) is 0 Å². The number of nitrogens with two attached hydrogens (primary N) is 1. The summed E-state index contributed by atoms with van der Waals surface area (Å²) < 4.78 is 0. The molecule has 2 heterocycles. The monoisotopic (exact) mass is 297 g/mol. The zero-order chi connectivity index (χ0) is 15.4. The molecule has 2 aromatic rings. The molecule has 0 unspecified atom stereocenters. The highest BCUT2D eigenvalue weighted by Crippen LogP contribution is 2.20. The van der Waals surface area contributed by atoms with Gasteiger partial charge >= 0.3 is 0 Å². The van der Waals surface area contributed by atoms with Crippen LogP contribution in [0.1, 0.15) is 28.9 Å². The fraction of sp³-hybridized carbons (Fsp3) is 0.312. The van der Waals surface area contributed by atoms with Gasteiger partial charge in [0.1, 0.15) is 0 Å². The van der Waals surface area contributed by atoms with Crippen molar-refractivity contribution in [2.75, 3.05) is 23.7 Å². The fourth-order valence-electron chi connectivity index (χ4n) is 2.59. The minimum Gasteiger partial charge on any atom is -0.382 e. The number of hydrogen-bond donors (Lipinski definition) is 2. The van der Waals surface area contributed by atoms with Crippen molar-refractivity contribution >= 4 is 17.4 Å². The molecule has 0 spiro atoms. The second-order valence-corrected chi connectivity index (χ2v) is 5.33. The lowest BCUT2D eigenvalue weighted by atomic mass is 10.2. The Bertz CT molecular complexity index is 650. The van der Waals surface area contributed by atoms with E-state index in [1.807, 2.05) is 12.1 Å². The smallest absolute Gasteiger partial charge is 0.273 e. The molecule has 0 saturated carbocycles. The third kappa shape index (κ3) is 3.16. The van der Waals surface area contributed by atoms with Crippen molar-refractivity contribution in [2.45, 2.75) is 19.4 Å². The van der Waals surface area contributed by atoms with Crippen LogP contribution in [-0.2, 0) is 6.54 Å². The number of nitrogens with zero attached hydrogens (tertiary/aromatic N) is 3. The van der Waals surface area contributed by atoms with Gasteiger partial charge in [0.05, 0.1) is 0 Å². The lowest BCUT2D eigenvalue weighted by Crippen LogP contribution is -2.25. The first kappa shape index (κ1) is 14.3. The maximum absolute atomic E-state index is 12.0. The summed E-state index contributed by atoms with van der Waals surface area (Å²) in [4.78, 5) is 22.2. The molecule has 114 valence electrons. The number of amides is 1. The molecule has 1 aromatic carbocycles. The van der Waals surface area contributed by atoms with Crippen molar-refractivity contribution in [3.63, 3.8) is 0 Å². The highest BCUT2D eigenvalue weighted by atomic mass is 16.1. The predicted octanol–water partition coefficient (Wildman–Crippen LogP) is 1.59. The Morgan fingerprint density at radius 2 is 1.82 bits per heavy atom. The molecular formula is C16H19N5O. The second-order valence-electron chi connectivity index (χ2n) is 5.33. The summed E-state index contributed by atoms with van der Waals surface area (Å²) in [5.41, 5.74) is 8.09. The van der Waals surface area contributed by atoms with Crippen molar-refractivity contribution in [1.82, 2.24) is 15.3 Å². The average molecular weight is 297 g/mol. The molecule has 6 nitrogen and oxygen atoms in total. The van der Waals surface area contributed by atoms with Crippen LogP contribution >= 0.6 is 0 Å². The first-order valence-corrected chi connectivity index (χ1v) is 7.42. The summed E-state index contributed by atoms with van der Waals surface area (Å²) in [7, 11) is 0. The van der Waals surface area contributed by atoms with Gasteiger partial charge in [-0.3, -0.25) is 4.79 Å². The van der Waals surface area contributed by atoms with Crippen LogP contribution in [0.2, 0.25) is 0 Å². The summed E-state index contributed by atoms with van der Waals surface area (Å²) in [6.07, 6.45) is 5.44. The number of carbonyl (C=O) groups excluding carboxylic acids is 1. The van der Waals surface area contributed by atoms with Crippen LogP contribution in [0.15, 0.2) is 36.7 Å². The van der Waals surface area contributed by atoms with E-state index in [9.17, 15) is 4.79 Å². The molecular weight excluding hydrogens is 278 g/mol. The Morgan fingerprint density at radius 1 is 1.14 bits per heavy atom. The number of nitrogen functional groups attached to an aromatic ring is 1. The Hall–Kier alpha value is -2.63. The highest BCUT2D eigenvalue weighted by molar-refractivity contribution is 5.96. The average Bonchev–Trinajstić information content (AvgIpc) is 3.08. The lowest BCUT2D eigenvalue weighted by molar-refractivity contribution is 0.0946. The van der Waals surface area contributed by atoms with Crippen molar-refractivity contribution in [3.8, 4) is 0 Å². The largest absolute Gasteiger partial charge is 0.382 e. The molecule has 0 bridgehead atoms. The maximum atomic E-state index is 12.0. The summed E-state index contributed by atoms with van der Waals surface area (Å²) in [5.74, 6) is -0.168. The van der Waals surface area contributed by atoms with Gasteiger partial charge in [0, 0.05) is 37.7 Å². The highest BCUT2D eigenvalue weighted by Gasteiger charge is 2.13. The third-order valence-electron chi connectivity index (χ3n) is 3.80. The van der Waals surface area contributed by atoms with Crippen LogP contribution in [0.5, 0.6) is 0 Å². The normalized spacial score (nSPS) is 14.1. The minimum absolute atomic E-state index is 0.143. The number of hydrogen-bond acceptors (Lipinski definition) is 5. The van der Waals surface area contributed by atoms with E-state index in [4.69, 9.17) is 5.73 Å². The summed E-state index contributed by atoms with van der Waals surface area (Å²) in [6.45, 7) is 2.69. The number of nitrogens with one attached hydrogen (secondary N) is 1. The van der Waals surface area contributed by atoms with Gasteiger partial charge in [-0.1, -0.05) is 12.1 Å². The van der Waals surface area contributed by atoms with Gasteiger partial charge in [0.2, 0.25) is 0 Å². The van der Waals surface area contributed by atoms with Crippen LogP contribution in [0.4, 0.5) is 11.5 Å². The Kier molecular flexibility index (Phi) is 4.18. The minimum atomic E-state index is -0.311. The van der Waals surface area contributed by atoms with Crippen molar-refractivity contribution in [1.29, 1.82) is 0 Å². The number of anilines is 2. The molecule has 1 saturated heterocycles. The van der Waals surface area contributed by atoms with Crippen LogP contribution in [-0.4, -0.2) is 29.0 Å². The van der Waals surface area contributed by atoms with E-state index in [1.165, 1.54) is 30.9 Å². The van der Waals surface area contributed by atoms with Crippen LogP contribution in [0.3, 0.4) is 0 Å². The summed E-state index contributed by atoms with van der Waals surface area (Å²) in [6, 6.07) is 8.27. The molecule has 22 heavy (non-hydrogen) atoms.